The molecule has 7 atom stereocenters. The topological polar surface area (TPSA) is 46.2 Å². The number of hydrogen-bond acceptors (Lipinski definition) is 3. The molecule has 5 rings (SSSR count). The molecule has 1 N–H and O–H groups in total. The summed E-state index contributed by atoms with van der Waals surface area (Å²) in [7, 11) is 0. The normalized spacial score (nSPS) is 49.9. The molecular formula is C24H35NO2. The Morgan fingerprint density at radius 2 is 1.78 bits per heavy atom. The van der Waals surface area contributed by atoms with E-state index in [0.29, 0.717) is 41.8 Å². The molecule has 27 heavy (non-hydrogen) atoms. The maximum atomic E-state index is 13.1. The molecule has 7 unspecified atom stereocenters. The van der Waals surface area contributed by atoms with Crippen LogP contribution in [0.25, 0.3) is 0 Å². The first-order valence-electron chi connectivity index (χ1n) is 11.4. The molecule has 148 valence electrons. The van der Waals surface area contributed by atoms with Crippen molar-refractivity contribution in [3.63, 3.8) is 0 Å². The number of carbonyl (C=O) groups is 2. The van der Waals surface area contributed by atoms with Crippen LogP contribution in [0.2, 0.25) is 0 Å². The largest absolute Gasteiger partial charge is 0.313 e. The van der Waals surface area contributed by atoms with Crippen molar-refractivity contribution in [3.05, 3.63) is 11.6 Å². The van der Waals surface area contributed by atoms with E-state index >= 15 is 0 Å². The summed E-state index contributed by atoms with van der Waals surface area (Å²) in [6, 6.07) is 0.416. The predicted molar refractivity (Wildman–Crippen MR) is 106 cm³/mol. The van der Waals surface area contributed by atoms with Crippen LogP contribution in [0, 0.1) is 34.5 Å². The fourth-order valence-electron chi connectivity index (χ4n) is 7.96. The summed E-state index contributed by atoms with van der Waals surface area (Å²) in [5, 5.41) is 3.60. The molecule has 1 saturated heterocycles. The van der Waals surface area contributed by atoms with Crippen LogP contribution in [0.3, 0.4) is 0 Å². The summed E-state index contributed by atoms with van der Waals surface area (Å²) in [4.78, 5) is 25.7. The predicted octanol–water partition coefficient (Wildman–Crippen LogP) is 4.46. The number of ketones is 2. The fraction of sp³-hybridized carbons (Fsp3) is 0.833. The lowest BCUT2D eigenvalue weighted by atomic mass is 9.49. The second-order valence-corrected chi connectivity index (χ2v) is 10.7. The summed E-state index contributed by atoms with van der Waals surface area (Å²) in [5.74, 6) is 3.12. The third-order valence-corrected chi connectivity index (χ3v) is 9.67. The molecule has 0 aromatic rings. The standard InChI is InChI=1S/C24H35NO2/c1-23-11-9-17(20-4-3-13-25-20)21(26)14-15(23)5-6-16-18-7-8-22(27)24(18,2)12-10-19(16)23/h5,16-20,25H,3-4,6-14H2,1-2H3. The Kier molecular flexibility index (Phi) is 4.20. The lowest BCUT2D eigenvalue weighted by Crippen LogP contribution is -2.48. The van der Waals surface area contributed by atoms with Crippen LogP contribution in [0.5, 0.6) is 0 Å². The number of rotatable bonds is 1. The third-order valence-electron chi connectivity index (χ3n) is 9.67. The van der Waals surface area contributed by atoms with E-state index in [-0.39, 0.29) is 16.7 Å². The average molecular weight is 370 g/mol. The van der Waals surface area contributed by atoms with Gasteiger partial charge in [-0.15, -0.1) is 0 Å². The second kappa shape index (κ2) is 6.27. The molecule has 0 radical (unpaired) electrons. The first-order valence-corrected chi connectivity index (χ1v) is 11.4. The molecule has 1 aliphatic heterocycles. The molecule has 3 saturated carbocycles. The Hall–Kier alpha value is -0.960. The molecule has 0 amide bonds. The van der Waals surface area contributed by atoms with Gasteiger partial charge in [0.25, 0.3) is 0 Å². The molecule has 3 nitrogen and oxygen atoms in total. The number of Topliss-reactive ketones (excluding diaryl/α,β-unsaturated/α-hetero) is 2. The van der Waals surface area contributed by atoms with E-state index in [9.17, 15) is 9.59 Å². The quantitative estimate of drug-likeness (QED) is 0.694. The molecule has 0 aromatic heterocycles. The Labute approximate surface area is 163 Å². The van der Waals surface area contributed by atoms with Gasteiger partial charge in [-0.1, -0.05) is 25.5 Å². The first-order chi connectivity index (χ1) is 12.9. The van der Waals surface area contributed by atoms with Crippen molar-refractivity contribution in [1.82, 2.24) is 5.32 Å². The molecule has 4 fully saturated rings. The molecule has 1 heterocycles. The van der Waals surface area contributed by atoms with E-state index in [1.54, 1.807) is 0 Å². The smallest absolute Gasteiger partial charge is 0.141 e. The molecule has 5 aliphatic rings. The van der Waals surface area contributed by atoms with Gasteiger partial charge in [-0.25, -0.2) is 0 Å². The van der Waals surface area contributed by atoms with Crippen LogP contribution in [0.4, 0.5) is 0 Å². The molecule has 0 aromatic carbocycles. The molecule has 3 heteroatoms. The number of nitrogens with one attached hydrogen (secondary N) is 1. The summed E-state index contributed by atoms with van der Waals surface area (Å²) < 4.78 is 0. The zero-order chi connectivity index (χ0) is 18.8. The van der Waals surface area contributed by atoms with Crippen LogP contribution in [-0.4, -0.2) is 24.2 Å². The van der Waals surface area contributed by atoms with Crippen molar-refractivity contribution in [3.8, 4) is 0 Å². The van der Waals surface area contributed by atoms with Gasteiger partial charge in [-0.2, -0.15) is 0 Å². The third kappa shape index (κ3) is 2.56. The van der Waals surface area contributed by atoms with Crippen molar-refractivity contribution >= 4 is 11.6 Å². The minimum atomic E-state index is -0.0558. The van der Waals surface area contributed by atoms with E-state index < -0.39 is 0 Å². The van der Waals surface area contributed by atoms with E-state index in [0.717, 1.165) is 45.1 Å². The summed E-state index contributed by atoms with van der Waals surface area (Å²) >= 11 is 0. The summed E-state index contributed by atoms with van der Waals surface area (Å²) in [6.45, 7) is 5.80. The Bertz CT molecular complexity index is 690. The number of hydrogen-bond donors (Lipinski definition) is 1. The lowest BCUT2D eigenvalue weighted by molar-refractivity contribution is -0.131. The minimum absolute atomic E-state index is 0.0558. The molecule has 0 spiro atoms. The Balaban J connectivity index is 1.44. The average Bonchev–Trinajstić information content (AvgIpc) is 3.24. The van der Waals surface area contributed by atoms with Gasteiger partial charge >= 0.3 is 0 Å². The maximum Gasteiger partial charge on any atom is 0.141 e. The monoisotopic (exact) mass is 369 g/mol. The van der Waals surface area contributed by atoms with E-state index in [1.165, 1.54) is 24.8 Å². The summed E-state index contributed by atoms with van der Waals surface area (Å²) in [6.07, 6.45) is 13.0. The first kappa shape index (κ1) is 18.1. The van der Waals surface area contributed by atoms with Crippen molar-refractivity contribution in [2.24, 2.45) is 34.5 Å². The molecule has 0 bridgehead atoms. The van der Waals surface area contributed by atoms with Crippen LogP contribution < -0.4 is 5.32 Å². The van der Waals surface area contributed by atoms with Crippen LogP contribution in [0.1, 0.15) is 78.1 Å². The number of fused-ring (bicyclic) bond motifs is 5. The number of carbonyl (C=O) groups excluding carboxylic acids is 2. The van der Waals surface area contributed by atoms with Gasteiger partial charge in [0.05, 0.1) is 0 Å². The van der Waals surface area contributed by atoms with Crippen molar-refractivity contribution in [2.45, 2.75) is 84.1 Å². The van der Waals surface area contributed by atoms with Gasteiger partial charge in [0.1, 0.15) is 11.6 Å². The fourth-order valence-corrected chi connectivity index (χ4v) is 7.96. The van der Waals surface area contributed by atoms with Crippen LogP contribution in [-0.2, 0) is 9.59 Å². The highest BCUT2D eigenvalue weighted by Crippen LogP contribution is 2.63. The highest BCUT2D eigenvalue weighted by Gasteiger charge is 2.58. The van der Waals surface area contributed by atoms with Gasteiger partial charge < -0.3 is 5.32 Å². The Morgan fingerprint density at radius 1 is 1.00 bits per heavy atom. The maximum absolute atomic E-state index is 13.1. The van der Waals surface area contributed by atoms with Gasteiger partial charge in [0.2, 0.25) is 0 Å². The van der Waals surface area contributed by atoms with E-state index in [2.05, 4.69) is 25.2 Å². The van der Waals surface area contributed by atoms with Gasteiger partial charge in [-0.05, 0) is 81.1 Å². The lowest BCUT2D eigenvalue weighted by Gasteiger charge is -2.54. The number of allylic oxidation sites excluding steroid dienone is 2. The highest BCUT2D eigenvalue weighted by molar-refractivity contribution is 5.87. The van der Waals surface area contributed by atoms with Crippen molar-refractivity contribution in [1.29, 1.82) is 0 Å². The van der Waals surface area contributed by atoms with E-state index in [1.807, 2.05) is 0 Å². The summed E-state index contributed by atoms with van der Waals surface area (Å²) in [5.41, 5.74) is 1.57. The van der Waals surface area contributed by atoms with Gasteiger partial charge in [0, 0.05) is 30.2 Å². The molecular weight excluding hydrogens is 334 g/mol. The van der Waals surface area contributed by atoms with Crippen LogP contribution >= 0.6 is 0 Å². The zero-order valence-electron chi connectivity index (χ0n) is 17.1. The van der Waals surface area contributed by atoms with Gasteiger partial charge in [0.15, 0.2) is 0 Å². The van der Waals surface area contributed by atoms with E-state index in [4.69, 9.17) is 0 Å². The zero-order valence-corrected chi connectivity index (χ0v) is 17.1. The minimum Gasteiger partial charge on any atom is -0.313 e. The molecule has 4 aliphatic carbocycles. The Morgan fingerprint density at radius 3 is 2.56 bits per heavy atom. The van der Waals surface area contributed by atoms with Crippen molar-refractivity contribution in [2.75, 3.05) is 6.54 Å². The van der Waals surface area contributed by atoms with Gasteiger partial charge in [-0.3, -0.25) is 9.59 Å². The highest BCUT2D eigenvalue weighted by atomic mass is 16.1. The second-order valence-electron chi connectivity index (χ2n) is 10.7. The van der Waals surface area contributed by atoms with Crippen LogP contribution in [0.15, 0.2) is 11.6 Å². The SMILES string of the molecule is CC12CCC3C(CC=C4CC(=O)C(C5CCCN5)CCC43C)C1CCC2=O. The van der Waals surface area contributed by atoms with Crippen molar-refractivity contribution < 1.29 is 9.59 Å².